The molecule has 0 heterocycles. The third-order valence-electron chi connectivity index (χ3n) is 2.59. The Labute approximate surface area is 123 Å². The smallest absolute Gasteiger partial charge is 0.343 e. The van der Waals surface area contributed by atoms with Crippen LogP contribution in [0.5, 0.6) is 0 Å². The zero-order valence-electron chi connectivity index (χ0n) is 11.4. The quantitative estimate of drug-likeness (QED) is 0.643. The molecule has 0 aliphatic heterocycles. The molecule has 0 saturated heterocycles. The van der Waals surface area contributed by atoms with Gasteiger partial charge in [0.25, 0.3) is 0 Å². The lowest BCUT2D eigenvalue weighted by atomic mass is 10.2. The van der Waals surface area contributed by atoms with Crippen LogP contribution in [0.15, 0.2) is 66.1 Å². The maximum Gasteiger partial charge on any atom is 0.343 e. The summed E-state index contributed by atoms with van der Waals surface area (Å²) in [5.74, 6) is -0.596. The van der Waals surface area contributed by atoms with E-state index in [9.17, 15) is 13.2 Å². The molecule has 0 aromatic heterocycles. The molecule has 0 atom stereocenters. The van der Waals surface area contributed by atoms with Crippen molar-refractivity contribution in [2.45, 2.75) is 0 Å². The number of carbonyl (C=O) groups is 1. The van der Waals surface area contributed by atoms with Gasteiger partial charge in [0.15, 0.2) is 9.84 Å². The second-order valence-electron chi connectivity index (χ2n) is 4.43. The molecule has 4 nitrogen and oxygen atoms in total. The highest BCUT2D eigenvalue weighted by molar-refractivity contribution is 7.93. The molecular weight excluding hydrogens is 288 g/mol. The number of ether oxygens (including phenoxy) is 1. The Morgan fingerprint density at radius 1 is 0.905 bits per heavy atom. The lowest BCUT2D eigenvalue weighted by Gasteiger charge is -2.08. The van der Waals surface area contributed by atoms with Crippen LogP contribution in [0.4, 0.5) is 0 Å². The summed E-state index contributed by atoms with van der Waals surface area (Å²) in [7, 11) is -3.44. The Hall–Kier alpha value is -2.40. The molecule has 0 bridgehead atoms. The lowest BCUT2D eigenvalue weighted by Crippen LogP contribution is -2.06. The molecule has 0 aliphatic rings. The first kappa shape index (κ1) is 15.0. The first-order valence-corrected chi connectivity index (χ1v) is 8.15. The van der Waals surface area contributed by atoms with E-state index in [1.165, 1.54) is 0 Å². The second kappa shape index (κ2) is 6.37. The minimum absolute atomic E-state index is 0.00644. The highest BCUT2D eigenvalue weighted by Crippen LogP contribution is 2.19. The van der Waals surface area contributed by atoms with Crippen LogP contribution in [0.2, 0.25) is 0 Å². The van der Waals surface area contributed by atoms with Crippen molar-refractivity contribution in [1.82, 2.24) is 0 Å². The summed E-state index contributed by atoms with van der Waals surface area (Å²) < 4.78 is 28.2. The molecule has 0 fully saturated rings. The number of hydrogen-bond acceptors (Lipinski definition) is 4. The number of carbonyl (C=O) groups excluding carboxylic acids is 1. The molecule has 0 aliphatic carbocycles. The van der Waals surface area contributed by atoms with Gasteiger partial charge in [0.2, 0.25) is 0 Å². The molecule has 108 valence electrons. The van der Waals surface area contributed by atoms with E-state index in [2.05, 4.69) is 0 Å². The van der Waals surface area contributed by atoms with Gasteiger partial charge in [-0.05, 0) is 12.1 Å². The molecule has 0 N–H and O–H groups in total. The number of esters is 1. The molecule has 21 heavy (non-hydrogen) atoms. The molecule has 0 amide bonds. The van der Waals surface area contributed by atoms with E-state index in [4.69, 9.17) is 4.74 Å². The molecule has 0 unspecified atom stereocenters. The summed E-state index contributed by atoms with van der Waals surface area (Å²) in [5, 5.41) is 0.948. The lowest BCUT2D eigenvalue weighted by molar-refractivity contribution is 0.0692. The SMILES string of the molecule is CS(=O)(=O)/C=C(/OC(=O)c1ccccc1)c1ccccc1. The van der Waals surface area contributed by atoms with E-state index in [-0.39, 0.29) is 5.76 Å². The van der Waals surface area contributed by atoms with Crippen molar-refractivity contribution in [2.75, 3.05) is 6.26 Å². The Bertz CT molecular complexity index is 747. The number of sulfone groups is 1. The van der Waals surface area contributed by atoms with Crippen LogP contribution in [0.1, 0.15) is 15.9 Å². The van der Waals surface area contributed by atoms with Crippen LogP contribution in [0, 0.1) is 0 Å². The van der Waals surface area contributed by atoms with Gasteiger partial charge < -0.3 is 4.74 Å². The van der Waals surface area contributed by atoms with Crippen molar-refractivity contribution in [2.24, 2.45) is 0 Å². The van der Waals surface area contributed by atoms with Crippen LogP contribution < -0.4 is 0 Å². The van der Waals surface area contributed by atoms with Crippen LogP contribution in [-0.4, -0.2) is 20.6 Å². The van der Waals surface area contributed by atoms with Crippen molar-refractivity contribution in [3.05, 3.63) is 77.2 Å². The molecule has 2 rings (SSSR count). The molecule has 2 aromatic rings. The summed E-state index contributed by atoms with van der Waals surface area (Å²) >= 11 is 0. The van der Waals surface area contributed by atoms with E-state index in [1.54, 1.807) is 60.7 Å². The van der Waals surface area contributed by atoms with Crippen LogP contribution in [0.3, 0.4) is 0 Å². The van der Waals surface area contributed by atoms with Crippen molar-refractivity contribution < 1.29 is 17.9 Å². The van der Waals surface area contributed by atoms with Gasteiger partial charge in [-0.1, -0.05) is 48.5 Å². The highest BCUT2D eigenvalue weighted by atomic mass is 32.2. The van der Waals surface area contributed by atoms with Crippen molar-refractivity contribution in [3.63, 3.8) is 0 Å². The summed E-state index contributed by atoms with van der Waals surface area (Å²) in [5.41, 5.74) is 0.875. The Morgan fingerprint density at radius 3 is 1.86 bits per heavy atom. The highest BCUT2D eigenvalue weighted by Gasteiger charge is 2.13. The minimum Gasteiger partial charge on any atom is -0.422 e. The van der Waals surface area contributed by atoms with Gasteiger partial charge in [-0.15, -0.1) is 0 Å². The van der Waals surface area contributed by atoms with Gasteiger partial charge in [0.1, 0.15) is 5.76 Å². The van der Waals surface area contributed by atoms with E-state index in [0.29, 0.717) is 11.1 Å². The van der Waals surface area contributed by atoms with E-state index < -0.39 is 15.8 Å². The van der Waals surface area contributed by atoms with Gasteiger partial charge >= 0.3 is 5.97 Å². The standard InChI is InChI=1S/C16H14O4S/c1-21(18,19)12-15(13-8-4-2-5-9-13)20-16(17)14-10-6-3-7-11-14/h2-12H,1H3/b15-12+. The summed E-state index contributed by atoms with van der Waals surface area (Å²) in [6.45, 7) is 0. The van der Waals surface area contributed by atoms with Crippen LogP contribution in [-0.2, 0) is 14.6 Å². The summed E-state index contributed by atoms with van der Waals surface area (Å²) in [6.07, 6.45) is 1.05. The molecule has 0 spiro atoms. The van der Waals surface area contributed by atoms with Crippen molar-refractivity contribution >= 4 is 21.6 Å². The summed E-state index contributed by atoms with van der Waals surface area (Å²) in [6, 6.07) is 17.0. The molecule has 2 aromatic carbocycles. The normalized spacial score (nSPS) is 12.0. The van der Waals surface area contributed by atoms with Gasteiger partial charge in [0.05, 0.1) is 11.0 Å². The second-order valence-corrected chi connectivity index (χ2v) is 6.33. The van der Waals surface area contributed by atoms with E-state index >= 15 is 0 Å². The number of benzene rings is 2. The fraction of sp³-hybridized carbons (Fsp3) is 0.0625. The Balaban J connectivity index is 2.34. The third-order valence-corrected chi connectivity index (χ3v) is 3.23. The Kier molecular flexibility index (Phi) is 4.55. The average molecular weight is 302 g/mol. The predicted molar refractivity (Wildman–Crippen MR) is 81.1 cm³/mol. The maximum atomic E-state index is 12.1. The largest absolute Gasteiger partial charge is 0.422 e. The van der Waals surface area contributed by atoms with Crippen molar-refractivity contribution in [3.8, 4) is 0 Å². The first-order valence-electron chi connectivity index (χ1n) is 6.20. The number of rotatable bonds is 4. The van der Waals surface area contributed by atoms with Crippen molar-refractivity contribution in [1.29, 1.82) is 0 Å². The van der Waals surface area contributed by atoms with Gasteiger partial charge in [-0.2, -0.15) is 0 Å². The zero-order valence-corrected chi connectivity index (χ0v) is 12.2. The fourth-order valence-electron chi connectivity index (χ4n) is 1.68. The van der Waals surface area contributed by atoms with E-state index in [1.807, 2.05) is 0 Å². The number of hydrogen-bond donors (Lipinski definition) is 0. The first-order chi connectivity index (χ1) is 9.96. The molecular formula is C16H14O4S. The third kappa shape index (κ3) is 4.57. The van der Waals surface area contributed by atoms with Crippen LogP contribution >= 0.6 is 0 Å². The Morgan fingerprint density at radius 2 is 1.38 bits per heavy atom. The summed E-state index contributed by atoms with van der Waals surface area (Å²) in [4.78, 5) is 12.1. The minimum atomic E-state index is -3.44. The molecule has 0 radical (unpaired) electrons. The van der Waals surface area contributed by atoms with Gasteiger partial charge in [-0.25, -0.2) is 13.2 Å². The zero-order chi connectivity index (χ0) is 15.3. The fourth-order valence-corrected chi connectivity index (χ4v) is 2.25. The average Bonchev–Trinajstić information content (AvgIpc) is 2.47. The van der Waals surface area contributed by atoms with Gasteiger partial charge in [0, 0.05) is 11.8 Å². The maximum absolute atomic E-state index is 12.1. The van der Waals surface area contributed by atoms with E-state index in [0.717, 1.165) is 11.7 Å². The van der Waals surface area contributed by atoms with Gasteiger partial charge in [-0.3, -0.25) is 0 Å². The molecule has 5 heteroatoms. The monoisotopic (exact) mass is 302 g/mol. The van der Waals surface area contributed by atoms with Crippen LogP contribution in [0.25, 0.3) is 5.76 Å². The molecule has 0 saturated carbocycles. The predicted octanol–water partition coefficient (Wildman–Crippen LogP) is 2.89. The topological polar surface area (TPSA) is 60.4 Å².